The lowest BCUT2D eigenvalue weighted by atomic mass is 10.1. The quantitative estimate of drug-likeness (QED) is 0.759. The van der Waals surface area contributed by atoms with E-state index < -0.39 is 0 Å². The summed E-state index contributed by atoms with van der Waals surface area (Å²) in [7, 11) is 0. The Labute approximate surface area is 131 Å². The van der Waals surface area contributed by atoms with Crippen molar-refractivity contribution in [2.75, 3.05) is 0 Å². The van der Waals surface area contributed by atoms with Crippen LogP contribution in [0.15, 0.2) is 53.1 Å². The zero-order chi connectivity index (χ0) is 14.8. The van der Waals surface area contributed by atoms with E-state index in [4.69, 9.17) is 10.5 Å². The highest BCUT2D eigenvalue weighted by Gasteiger charge is 2.10. The summed E-state index contributed by atoms with van der Waals surface area (Å²) in [4.78, 5) is 4.42. The highest BCUT2D eigenvalue weighted by Crippen LogP contribution is 2.33. The molecule has 0 atom stereocenters. The van der Waals surface area contributed by atoms with Crippen LogP contribution in [0.4, 0.5) is 0 Å². The van der Waals surface area contributed by atoms with Gasteiger partial charge < -0.3 is 10.5 Å². The zero-order valence-corrected chi connectivity index (χ0v) is 13.2. The van der Waals surface area contributed by atoms with Crippen LogP contribution in [0.5, 0.6) is 11.5 Å². The summed E-state index contributed by atoms with van der Waals surface area (Å²) < 4.78 is 7.17. The molecule has 21 heavy (non-hydrogen) atoms. The van der Waals surface area contributed by atoms with Crippen LogP contribution in [-0.2, 0) is 6.54 Å². The fourth-order valence-corrected chi connectivity index (χ4v) is 2.47. The molecule has 3 aromatic rings. The van der Waals surface area contributed by atoms with Gasteiger partial charge in [0.1, 0.15) is 11.5 Å². The van der Waals surface area contributed by atoms with E-state index in [2.05, 4.69) is 20.9 Å². The number of hydrogen-bond donors (Lipinski definition) is 1. The lowest BCUT2D eigenvalue weighted by Gasteiger charge is -2.13. The van der Waals surface area contributed by atoms with E-state index in [0.717, 1.165) is 38.0 Å². The minimum absolute atomic E-state index is 0.392. The normalized spacial score (nSPS) is 10.8. The summed E-state index contributed by atoms with van der Waals surface area (Å²) in [6.45, 7) is 2.42. The second kappa shape index (κ2) is 5.84. The van der Waals surface area contributed by atoms with Gasteiger partial charge in [-0.05, 0) is 42.8 Å². The topological polar surface area (TPSA) is 48.1 Å². The van der Waals surface area contributed by atoms with Gasteiger partial charge in [-0.15, -0.1) is 0 Å². The summed E-state index contributed by atoms with van der Waals surface area (Å²) in [5, 5.41) is 0.973. The molecule has 0 spiro atoms. The van der Waals surface area contributed by atoms with Gasteiger partial charge in [0.2, 0.25) is 0 Å². The first-order valence-electron chi connectivity index (χ1n) is 6.69. The Bertz CT molecular complexity index is 802. The number of aromatic nitrogens is 1. The summed E-state index contributed by atoms with van der Waals surface area (Å²) in [6, 6.07) is 13.8. The Morgan fingerprint density at radius 2 is 2.00 bits per heavy atom. The van der Waals surface area contributed by atoms with Crippen molar-refractivity contribution < 1.29 is 4.74 Å². The minimum Gasteiger partial charge on any atom is -0.456 e. The van der Waals surface area contributed by atoms with E-state index >= 15 is 0 Å². The molecule has 0 saturated heterocycles. The van der Waals surface area contributed by atoms with Crippen molar-refractivity contribution in [1.29, 1.82) is 0 Å². The summed E-state index contributed by atoms with van der Waals surface area (Å²) in [6.07, 6.45) is 1.78. The van der Waals surface area contributed by atoms with Gasteiger partial charge in [0.25, 0.3) is 0 Å². The van der Waals surface area contributed by atoms with E-state index in [-0.39, 0.29) is 0 Å². The largest absolute Gasteiger partial charge is 0.456 e. The number of fused-ring (bicyclic) bond motifs is 1. The first-order valence-corrected chi connectivity index (χ1v) is 7.49. The fourth-order valence-electron chi connectivity index (χ4n) is 2.22. The predicted molar refractivity (Wildman–Crippen MR) is 88.6 cm³/mol. The Hall–Kier alpha value is -1.91. The zero-order valence-electron chi connectivity index (χ0n) is 11.6. The van der Waals surface area contributed by atoms with Gasteiger partial charge >= 0.3 is 0 Å². The fraction of sp³-hybridized carbons (Fsp3) is 0.118. The van der Waals surface area contributed by atoms with Gasteiger partial charge in [-0.1, -0.05) is 28.1 Å². The summed E-state index contributed by atoms with van der Waals surface area (Å²) >= 11 is 3.50. The number of nitrogens with zero attached hydrogens (tertiary/aromatic N) is 1. The first kappa shape index (κ1) is 14.0. The third-order valence-corrected chi connectivity index (χ3v) is 4.26. The second-order valence-corrected chi connectivity index (χ2v) is 5.70. The van der Waals surface area contributed by atoms with Crippen molar-refractivity contribution in [2.45, 2.75) is 13.5 Å². The number of halogens is 1. The Morgan fingerprint density at radius 1 is 1.19 bits per heavy atom. The molecule has 0 bridgehead atoms. The lowest BCUT2D eigenvalue weighted by Crippen LogP contribution is -2.01. The van der Waals surface area contributed by atoms with Gasteiger partial charge in [0.15, 0.2) is 0 Å². The molecule has 4 heteroatoms. The molecule has 2 N–H and O–H groups in total. The number of pyridine rings is 1. The molecular weight excluding hydrogens is 328 g/mol. The van der Waals surface area contributed by atoms with E-state index in [1.807, 2.05) is 49.4 Å². The van der Waals surface area contributed by atoms with Crippen LogP contribution >= 0.6 is 15.9 Å². The molecule has 106 valence electrons. The maximum absolute atomic E-state index is 6.11. The third kappa shape index (κ3) is 2.77. The molecule has 0 aliphatic carbocycles. The first-order chi connectivity index (χ1) is 10.2. The second-order valence-electron chi connectivity index (χ2n) is 4.85. The van der Waals surface area contributed by atoms with Crippen molar-refractivity contribution in [2.24, 2.45) is 5.73 Å². The van der Waals surface area contributed by atoms with Crippen molar-refractivity contribution in [3.8, 4) is 11.5 Å². The molecule has 0 unspecified atom stereocenters. The molecule has 1 aromatic heterocycles. The van der Waals surface area contributed by atoms with Crippen LogP contribution in [0.3, 0.4) is 0 Å². The average Bonchev–Trinajstić information content (AvgIpc) is 2.51. The predicted octanol–water partition coefficient (Wildman–Crippen LogP) is 4.56. The van der Waals surface area contributed by atoms with E-state index in [1.165, 1.54) is 0 Å². The molecular formula is C17H15BrN2O. The maximum atomic E-state index is 6.11. The van der Waals surface area contributed by atoms with Crippen molar-refractivity contribution in [3.63, 3.8) is 0 Å². The minimum atomic E-state index is 0.392. The highest BCUT2D eigenvalue weighted by atomic mass is 79.9. The van der Waals surface area contributed by atoms with Gasteiger partial charge in [-0.25, -0.2) is 0 Å². The van der Waals surface area contributed by atoms with Crippen LogP contribution in [0.2, 0.25) is 0 Å². The number of para-hydroxylation sites is 1. The van der Waals surface area contributed by atoms with Crippen molar-refractivity contribution in [3.05, 3.63) is 64.3 Å². The van der Waals surface area contributed by atoms with Crippen LogP contribution in [-0.4, -0.2) is 4.98 Å². The maximum Gasteiger partial charge on any atom is 0.142 e. The Balaban J connectivity index is 2.11. The van der Waals surface area contributed by atoms with E-state index in [0.29, 0.717) is 6.54 Å². The van der Waals surface area contributed by atoms with Gasteiger partial charge in [0, 0.05) is 28.2 Å². The highest BCUT2D eigenvalue weighted by molar-refractivity contribution is 9.10. The number of ether oxygens (including phenoxy) is 1. The molecule has 0 radical (unpaired) electrons. The monoisotopic (exact) mass is 342 g/mol. The smallest absolute Gasteiger partial charge is 0.142 e. The summed E-state index contributed by atoms with van der Waals surface area (Å²) in [5.74, 6) is 1.58. The van der Waals surface area contributed by atoms with Crippen LogP contribution in [0.25, 0.3) is 10.9 Å². The molecule has 0 saturated carbocycles. The molecule has 0 aliphatic heterocycles. The van der Waals surface area contributed by atoms with Crippen LogP contribution < -0.4 is 10.5 Å². The Kier molecular flexibility index (Phi) is 3.90. The van der Waals surface area contributed by atoms with Crippen molar-refractivity contribution in [1.82, 2.24) is 4.98 Å². The number of benzene rings is 2. The molecule has 0 amide bonds. The summed E-state index contributed by atoms with van der Waals surface area (Å²) in [5.41, 5.74) is 8.75. The molecule has 0 fully saturated rings. The number of hydrogen-bond acceptors (Lipinski definition) is 3. The Morgan fingerprint density at radius 3 is 2.76 bits per heavy atom. The molecule has 3 nitrogen and oxygen atoms in total. The van der Waals surface area contributed by atoms with E-state index in [9.17, 15) is 0 Å². The molecule has 3 rings (SSSR count). The van der Waals surface area contributed by atoms with Gasteiger partial charge in [0.05, 0.1) is 5.52 Å². The number of nitrogens with two attached hydrogens (primary N) is 1. The van der Waals surface area contributed by atoms with Gasteiger partial charge in [-0.2, -0.15) is 0 Å². The van der Waals surface area contributed by atoms with Crippen LogP contribution in [0, 0.1) is 6.92 Å². The van der Waals surface area contributed by atoms with Crippen molar-refractivity contribution >= 4 is 26.8 Å². The number of rotatable bonds is 3. The standard InChI is InChI=1S/C17H15BrN2O/c1-11-8-13(6-7-15(11)18)21-17-12(9-19)10-20-16-5-3-2-4-14(16)17/h2-8,10H,9,19H2,1H3. The number of aryl methyl sites for hydroxylation is 1. The van der Waals surface area contributed by atoms with Crippen LogP contribution in [0.1, 0.15) is 11.1 Å². The van der Waals surface area contributed by atoms with Gasteiger partial charge in [-0.3, -0.25) is 4.98 Å². The molecule has 1 heterocycles. The molecule has 2 aromatic carbocycles. The lowest BCUT2D eigenvalue weighted by molar-refractivity contribution is 0.481. The average molecular weight is 343 g/mol. The van der Waals surface area contributed by atoms with E-state index in [1.54, 1.807) is 6.20 Å². The SMILES string of the molecule is Cc1cc(Oc2c(CN)cnc3ccccc23)ccc1Br. The third-order valence-electron chi connectivity index (χ3n) is 3.37. The molecule has 0 aliphatic rings.